The van der Waals surface area contributed by atoms with Crippen molar-refractivity contribution in [3.8, 4) is 16.6 Å². The van der Waals surface area contributed by atoms with Gasteiger partial charge in [-0.1, -0.05) is 17.4 Å². The zero-order valence-corrected chi connectivity index (χ0v) is 17.0. The van der Waals surface area contributed by atoms with Crippen LogP contribution in [0, 0.1) is 20.8 Å². The number of carbonyl (C=O) groups is 1. The van der Waals surface area contributed by atoms with Gasteiger partial charge in [0.1, 0.15) is 5.82 Å². The Kier molecular flexibility index (Phi) is 4.02. The van der Waals surface area contributed by atoms with Crippen LogP contribution in [0.25, 0.3) is 15.3 Å². The third-order valence-electron chi connectivity index (χ3n) is 4.89. The number of thiazole rings is 1. The molecule has 0 atom stereocenters. The van der Waals surface area contributed by atoms with Crippen LogP contribution in [0.5, 0.6) is 11.5 Å². The molecule has 29 heavy (non-hydrogen) atoms. The highest BCUT2D eigenvalue weighted by Gasteiger charge is 2.19. The van der Waals surface area contributed by atoms with Gasteiger partial charge in [-0.15, -0.1) is 0 Å². The van der Waals surface area contributed by atoms with Gasteiger partial charge in [0.25, 0.3) is 5.91 Å². The van der Waals surface area contributed by atoms with E-state index < -0.39 is 0 Å². The zero-order chi connectivity index (χ0) is 20.1. The number of anilines is 1. The van der Waals surface area contributed by atoms with Crippen molar-refractivity contribution in [3.63, 3.8) is 0 Å². The molecule has 0 spiro atoms. The summed E-state index contributed by atoms with van der Waals surface area (Å²) in [5.41, 5.74) is 4.42. The fourth-order valence-corrected chi connectivity index (χ4v) is 4.14. The molecule has 0 radical (unpaired) electrons. The van der Waals surface area contributed by atoms with Gasteiger partial charge >= 0.3 is 0 Å². The van der Waals surface area contributed by atoms with E-state index in [9.17, 15) is 4.79 Å². The predicted octanol–water partition coefficient (Wildman–Crippen LogP) is 4.39. The van der Waals surface area contributed by atoms with Gasteiger partial charge in [-0.05, 0) is 44.0 Å². The molecule has 0 saturated carbocycles. The Labute approximate surface area is 170 Å². The van der Waals surface area contributed by atoms with Crippen molar-refractivity contribution in [2.24, 2.45) is 0 Å². The summed E-state index contributed by atoms with van der Waals surface area (Å²) < 4.78 is 13.5. The maximum Gasteiger partial charge on any atom is 0.256 e. The lowest BCUT2D eigenvalue weighted by Gasteiger charge is -2.08. The molecule has 0 fully saturated rings. The fraction of sp³-hybridized carbons (Fsp3) is 0.190. The van der Waals surface area contributed by atoms with Crippen LogP contribution in [0.4, 0.5) is 5.82 Å². The third-order valence-corrected chi connectivity index (χ3v) is 5.89. The summed E-state index contributed by atoms with van der Waals surface area (Å²) in [5, 5.41) is 8.14. The Morgan fingerprint density at radius 2 is 1.86 bits per heavy atom. The van der Waals surface area contributed by atoms with E-state index in [1.807, 2.05) is 57.2 Å². The number of rotatable bonds is 3. The summed E-state index contributed by atoms with van der Waals surface area (Å²) in [6.07, 6.45) is 0. The summed E-state index contributed by atoms with van der Waals surface area (Å²) in [5.74, 6) is 1.79. The number of hydrogen-bond donors (Lipinski definition) is 1. The van der Waals surface area contributed by atoms with E-state index in [2.05, 4.69) is 15.4 Å². The molecule has 146 valence electrons. The minimum atomic E-state index is -0.184. The summed E-state index contributed by atoms with van der Waals surface area (Å²) in [4.78, 5) is 17.4. The highest BCUT2D eigenvalue weighted by atomic mass is 32.1. The molecule has 4 aromatic rings. The Morgan fingerprint density at radius 3 is 2.66 bits per heavy atom. The largest absolute Gasteiger partial charge is 0.454 e. The smallest absolute Gasteiger partial charge is 0.256 e. The van der Waals surface area contributed by atoms with E-state index in [1.165, 1.54) is 11.3 Å². The average Bonchev–Trinajstić information content (AvgIpc) is 3.39. The minimum Gasteiger partial charge on any atom is -0.454 e. The monoisotopic (exact) mass is 406 g/mol. The predicted molar refractivity (Wildman–Crippen MR) is 111 cm³/mol. The van der Waals surface area contributed by atoms with Gasteiger partial charge in [0, 0.05) is 23.8 Å². The van der Waals surface area contributed by atoms with Crippen LogP contribution in [0.3, 0.4) is 0 Å². The maximum absolute atomic E-state index is 12.8. The van der Waals surface area contributed by atoms with Crippen molar-refractivity contribution in [3.05, 3.63) is 58.8 Å². The Bertz CT molecular complexity index is 1230. The summed E-state index contributed by atoms with van der Waals surface area (Å²) in [6, 6.07) is 11.3. The van der Waals surface area contributed by atoms with Crippen LogP contribution < -0.4 is 14.8 Å². The number of aromatic nitrogens is 3. The summed E-state index contributed by atoms with van der Waals surface area (Å²) >= 11 is 1.47. The molecule has 0 unspecified atom stereocenters. The van der Waals surface area contributed by atoms with Crippen molar-refractivity contribution >= 4 is 33.3 Å². The van der Waals surface area contributed by atoms with Crippen molar-refractivity contribution in [1.29, 1.82) is 0 Å². The fourth-order valence-electron chi connectivity index (χ4n) is 3.20. The lowest BCUT2D eigenvalue weighted by atomic mass is 10.1. The molecule has 8 heteroatoms. The van der Waals surface area contributed by atoms with Gasteiger partial charge in [0.15, 0.2) is 11.5 Å². The molecule has 2 aromatic heterocycles. The van der Waals surface area contributed by atoms with Crippen LogP contribution in [0.2, 0.25) is 0 Å². The number of nitrogens with one attached hydrogen (secondary N) is 1. The van der Waals surface area contributed by atoms with E-state index in [-0.39, 0.29) is 12.7 Å². The molecule has 0 saturated heterocycles. The van der Waals surface area contributed by atoms with Crippen LogP contribution in [-0.2, 0) is 0 Å². The van der Waals surface area contributed by atoms with Crippen molar-refractivity contribution in [1.82, 2.24) is 14.8 Å². The highest BCUT2D eigenvalue weighted by Crippen LogP contribution is 2.39. The molecule has 0 aliphatic carbocycles. The number of hydrogen-bond acceptors (Lipinski definition) is 6. The maximum atomic E-state index is 12.8. The van der Waals surface area contributed by atoms with Crippen molar-refractivity contribution in [2.75, 3.05) is 12.1 Å². The van der Waals surface area contributed by atoms with E-state index in [1.54, 1.807) is 4.68 Å². The normalized spacial score (nSPS) is 12.5. The molecule has 1 aliphatic heterocycles. The average molecular weight is 406 g/mol. The number of nitrogens with zero attached hydrogens (tertiary/aromatic N) is 3. The van der Waals surface area contributed by atoms with Gasteiger partial charge in [-0.25, -0.2) is 4.98 Å². The number of amides is 1. The molecule has 2 aromatic carbocycles. The van der Waals surface area contributed by atoms with E-state index >= 15 is 0 Å². The summed E-state index contributed by atoms with van der Waals surface area (Å²) in [7, 11) is 0. The number of ether oxygens (including phenoxy) is 2. The number of benzene rings is 2. The second kappa shape index (κ2) is 6.59. The zero-order valence-electron chi connectivity index (χ0n) is 16.1. The minimum absolute atomic E-state index is 0.184. The van der Waals surface area contributed by atoms with Gasteiger partial charge in [0.2, 0.25) is 11.9 Å². The molecule has 1 N–H and O–H groups in total. The van der Waals surface area contributed by atoms with Crippen LogP contribution in [-0.4, -0.2) is 27.5 Å². The van der Waals surface area contributed by atoms with Gasteiger partial charge in [-0.3, -0.25) is 4.79 Å². The van der Waals surface area contributed by atoms with Crippen LogP contribution in [0.15, 0.2) is 36.4 Å². The molecule has 0 bridgehead atoms. The first-order valence-corrected chi connectivity index (χ1v) is 9.95. The Hall–Kier alpha value is -3.39. The quantitative estimate of drug-likeness (QED) is 0.546. The number of fused-ring (bicyclic) bond motifs is 2. The molecular formula is C21H18N4O3S. The number of aryl methyl sites for hydroxylation is 3. The molecule has 1 amide bonds. The topological polar surface area (TPSA) is 78.3 Å². The lowest BCUT2D eigenvalue weighted by Crippen LogP contribution is -2.15. The molecular weight excluding hydrogens is 388 g/mol. The second-order valence-corrected chi connectivity index (χ2v) is 8.01. The van der Waals surface area contributed by atoms with Crippen molar-refractivity contribution in [2.45, 2.75) is 20.8 Å². The highest BCUT2D eigenvalue weighted by molar-refractivity contribution is 7.20. The van der Waals surface area contributed by atoms with E-state index in [0.29, 0.717) is 28.0 Å². The first kappa shape index (κ1) is 17.7. The van der Waals surface area contributed by atoms with Crippen LogP contribution >= 0.6 is 11.3 Å². The number of carbonyl (C=O) groups excluding carboxylic acids is 1. The first-order valence-electron chi connectivity index (χ1n) is 9.14. The van der Waals surface area contributed by atoms with Gasteiger partial charge in [-0.2, -0.15) is 9.78 Å². The van der Waals surface area contributed by atoms with Gasteiger partial charge in [0.05, 0.1) is 15.9 Å². The molecule has 5 rings (SSSR count). The van der Waals surface area contributed by atoms with E-state index in [4.69, 9.17) is 9.47 Å². The van der Waals surface area contributed by atoms with Crippen molar-refractivity contribution < 1.29 is 14.3 Å². The third kappa shape index (κ3) is 3.11. The van der Waals surface area contributed by atoms with Crippen LogP contribution in [0.1, 0.15) is 27.2 Å². The lowest BCUT2D eigenvalue weighted by molar-refractivity contribution is 0.102. The Morgan fingerprint density at radius 1 is 1.07 bits per heavy atom. The summed E-state index contributed by atoms with van der Waals surface area (Å²) in [6.45, 7) is 6.12. The van der Waals surface area contributed by atoms with Gasteiger partial charge < -0.3 is 14.8 Å². The first-order chi connectivity index (χ1) is 14.0. The standard InChI is InChI=1S/C21H18N4O3S/c1-11-4-5-14(6-12(11)2)20(26)23-19-7-13(3)24-25(19)21-22-15-8-16-17(28-10-27-16)9-18(15)29-21/h4-9H,10H2,1-3H3,(H,23,26). The molecule has 3 heterocycles. The molecule has 7 nitrogen and oxygen atoms in total. The second-order valence-electron chi connectivity index (χ2n) is 7.01. The van der Waals surface area contributed by atoms with E-state index in [0.717, 1.165) is 27.0 Å². The molecule has 1 aliphatic rings. The SMILES string of the molecule is Cc1cc(NC(=O)c2ccc(C)c(C)c2)n(-c2nc3cc4c(cc3s2)OCO4)n1. The Balaban J connectivity index is 1.50.